The minimum absolute atomic E-state index is 0.0177. The number of benzene rings is 2. The van der Waals surface area contributed by atoms with E-state index < -0.39 is 17.0 Å². The Hall–Kier alpha value is -3.72. The number of non-ortho nitro benzene ring substituents is 1. The molecule has 0 unspecified atom stereocenters. The fourth-order valence-corrected chi connectivity index (χ4v) is 5.67. The van der Waals surface area contributed by atoms with Gasteiger partial charge in [-0.1, -0.05) is 30.3 Å². The number of nitro benzene ring substituents is 1. The summed E-state index contributed by atoms with van der Waals surface area (Å²) in [5.41, 5.74) is 3.27. The van der Waals surface area contributed by atoms with Gasteiger partial charge in [-0.2, -0.15) is 0 Å². The molecule has 1 N–H and O–H groups in total. The van der Waals surface area contributed by atoms with Crippen molar-refractivity contribution >= 4 is 28.4 Å². The highest BCUT2D eigenvalue weighted by atomic mass is 16.6. The minimum atomic E-state index is -0.668. The maximum atomic E-state index is 13.7. The van der Waals surface area contributed by atoms with Gasteiger partial charge in [-0.05, 0) is 30.0 Å². The Kier molecular flexibility index (Phi) is 4.88. The molecule has 3 aromatic rings. The summed E-state index contributed by atoms with van der Waals surface area (Å²) >= 11 is 0. The third-order valence-corrected chi connectivity index (χ3v) is 7.19. The predicted octanol–water partition coefficient (Wildman–Crippen LogP) is 2.94. The van der Waals surface area contributed by atoms with Gasteiger partial charge in [0.1, 0.15) is 6.04 Å². The van der Waals surface area contributed by atoms with Crippen LogP contribution in [0.4, 0.5) is 5.69 Å². The number of aromatic amines is 1. The molecule has 2 amide bonds. The molecule has 9 nitrogen and oxygen atoms in total. The molecule has 0 aliphatic carbocycles. The zero-order valence-electron chi connectivity index (χ0n) is 18.5. The largest absolute Gasteiger partial charge is 0.376 e. The van der Waals surface area contributed by atoms with E-state index in [2.05, 4.69) is 4.98 Å². The van der Waals surface area contributed by atoms with Crippen LogP contribution in [0.3, 0.4) is 0 Å². The number of rotatable bonds is 4. The van der Waals surface area contributed by atoms with Crippen molar-refractivity contribution in [2.24, 2.45) is 0 Å². The van der Waals surface area contributed by atoms with Crippen LogP contribution in [-0.2, 0) is 20.7 Å². The van der Waals surface area contributed by atoms with E-state index in [1.165, 1.54) is 12.1 Å². The van der Waals surface area contributed by atoms with Crippen LogP contribution in [0.5, 0.6) is 0 Å². The summed E-state index contributed by atoms with van der Waals surface area (Å²) in [5.74, 6) is -0.259. The molecule has 0 saturated carbocycles. The monoisotopic (exact) mass is 460 g/mol. The number of hydrogen-bond acceptors (Lipinski definition) is 5. The molecule has 2 saturated heterocycles. The maximum Gasteiger partial charge on any atom is 0.269 e. The van der Waals surface area contributed by atoms with Crippen LogP contribution in [0.25, 0.3) is 10.9 Å². The van der Waals surface area contributed by atoms with Gasteiger partial charge in [-0.3, -0.25) is 19.7 Å². The molecule has 3 aliphatic rings. The Balaban J connectivity index is 1.47. The molecular weight excluding hydrogens is 436 g/mol. The lowest BCUT2D eigenvalue weighted by molar-refractivity contribution is -0.384. The molecule has 0 radical (unpaired) electrons. The first-order valence-electron chi connectivity index (χ1n) is 11.6. The molecule has 9 heteroatoms. The van der Waals surface area contributed by atoms with Crippen LogP contribution in [0, 0.1) is 10.1 Å². The third kappa shape index (κ3) is 3.27. The Morgan fingerprint density at radius 3 is 2.79 bits per heavy atom. The fourth-order valence-electron chi connectivity index (χ4n) is 5.67. The summed E-state index contributed by atoms with van der Waals surface area (Å²) in [6, 6.07) is 12.9. The van der Waals surface area contributed by atoms with Gasteiger partial charge in [0.05, 0.1) is 23.6 Å². The van der Waals surface area contributed by atoms with E-state index in [4.69, 9.17) is 4.74 Å². The number of nitrogens with zero attached hydrogens (tertiary/aromatic N) is 3. The van der Waals surface area contributed by atoms with Gasteiger partial charge in [0.15, 0.2) is 0 Å². The number of para-hydroxylation sites is 1. The number of nitrogens with one attached hydrogen (secondary N) is 1. The average Bonchev–Trinajstić information content (AvgIpc) is 3.48. The van der Waals surface area contributed by atoms with Crippen LogP contribution >= 0.6 is 0 Å². The van der Waals surface area contributed by atoms with E-state index in [1.54, 1.807) is 21.9 Å². The maximum absolute atomic E-state index is 13.7. The van der Waals surface area contributed by atoms with Crippen LogP contribution in [-0.4, -0.2) is 63.4 Å². The number of amides is 2. The Labute approximate surface area is 195 Å². The smallest absolute Gasteiger partial charge is 0.269 e. The summed E-state index contributed by atoms with van der Waals surface area (Å²) in [5, 5.41) is 12.5. The highest BCUT2D eigenvalue weighted by Gasteiger charge is 2.48. The molecule has 2 fully saturated rings. The SMILES string of the molecule is O=C1[C@@H]2Cc3c([nH]c4ccccc34)[C@@H](c3cccc([N+](=O)[O-])c3)N2C(=O)CN1C[C@H]1CCCO1. The summed E-state index contributed by atoms with van der Waals surface area (Å²) in [6.45, 7) is 1.08. The van der Waals surface area contributed by atoms with Gasteiger partial charge in [-0.25, -0.2) is 0 Å². The lowest BCUT2D eigenvalue weighted by Crippen LogP contribution is -2.63. The molecule has 4 heterocycles. The Morgan fingerprint density at radius 2 is 2.00 bits per heavy atom. The van der Waals surface area contributed by atoms with Crippen molar-refractivity contribution in [3.05, 3.63) is 75.5 Å². The summed E-state index contributed by atoms with van der Waals surface area (Å²) in [4.78, 5) is 44.9. The summed E-state index contributed by atoms with van der Waals surface area (Å²) in [6.07, 6.45) is 2.21. The van der Waals surface area contributed by atoms with Gasteiger partial charge in [0.25, 0.3) is 5.69 Å². The summed E-state index contributed by atoms with van der Waals surface area (Å²) < 4.78 is 5.72. The van der Waals surface area contributed by atoms with Gasteiger partial charge in [-0.15, -0.1) is 0 Å². The molecule has 6 rings (SSSR count). The zero-order chi connectivity index (χ0) is 23.4. The first-order valence-corrected chi connectivity index (χ1v) is 11.6. The average molecular weight is 460 g/mol. The van der Waals surface area contributed by atoms with Crippen molar-refractivity contribution in [1.82, 2.24) is 14.8 Å². The van der Waals surface area contributed by atoms with E-state index in [-0.39, 0.29) is 30.2 Å². The van der Waals surface area contributed by atoms with Crippen molar-refractivity contribution < 1.29 is 19.2 Å². The highest BCUT2D eigenvalue weighted by Crippen LogP contribution is 2.43. The molecule has 1 aromatic heterocycles. The number of hydrogen-bond donors (Lipinski definition) is 1. The molecule has 34 heavy (non-hydrogen) atoms. The number of ether oxygens (including phenoxy) is 1. The normalized spacial score (nSPS) is 24.4. The van der Waals surface area contributed by atoms with Crippen LogP contribution in [0.15, 0.2) is 48.5 Å². The predicted molar refractivity (Wildman–Crippen MR) is 123 cm³/mol. The molecule has 3 atom stereocenters. The van der Waals surface area contributed by atoms with Crippen molar-refractivity contribution in [3.8, 4) is 0 Å². The number of carbonyl (C=O) groups is 2. The Morgan fingerprint density at radius 1 is 1.15 bits per heavy atom. The summed E-state index contributed by atoms with van der Waals surface area (Å²) in [7, 11) is 0. The molecule has 174 valence electrons. The molecule has 2 aromatic carbocycles. The second kappa shape index (κ2) is 7.95. The van der Waals surface area contributed by atoms with Gasteiger partial charge >= 0.3 is 0 Å². The van der Waals surface area contributed by atoms with Crippen molar-refractivity contribution in [2.75, 3.05) is 19.7 Å². The number of nitro groups is 1. The van der Waals surface area contributed by atoms with Crippen molar-refractivity contribution in [3.63, 3.8) is 0 Å². The minimum Gasteiger partial charge on any atom is -0.376 e. The number of aromatic nitrogens is 1. The standard InChI is InChI=1S/C25H24N4O5/c30-22-14-27(13-17-7-4-10-34-17)25(31)21-12-19-18-8-1-2-9-20(18)26-23(19)24(28(21)22)15-5-3-6-16(11-15)29(32)33/h1-3,5-6,8-9,11,17,21,24,26H,4,7,10,12-14H2/t17-,21+,24-/m1/s1. The van der Waals surface area contributed by atoms with Crippen molar-refractivity contribution in [2.45, 2.75) is 37.5 Å². The second-order valence-electron chi connectivity index (χ2n) is 9.19. The van der Waals surface area contributed by atoms with Gasteiger partial charge in [0.2, 0.25) is 11.8 Å². The topological polar surface area (TPSA) is 109 Å². The zero-order valence-corrected chi connectivity index (χ0v) is 18.5. The Bertz CT molecular complexity index is 1310. The van der Waals surface area contributed by atoms with E-state index in [9.17, 15) is 19.7 Å². The van der Waals surface area contributed by atoms with Crippen LogP contribution < -0.4 is 0 Å². The lowest BCUT2D eigenvalue weighted by atomic mass is 9.86. The quantitative estimate of drug-likeness (QED) is 0.476. The molecule has 0 bridgehead atoms. The van der Waals surface area contributed by atoms with E-state index in [0.29, 0.717) is 25.1 Å². The molecular formula is C25H24N4O5. The first-order chi connectivity index (χ1) is 16.5. The van der Waals surface area contributed by atoms with Crippen molar-refractivity contribution in [1.29, 1.82) is 0 Å². The highest BCUT2D eigenvalue weighted by molar-refractivity contribution is 5.97. The number of piperazine rings is 1. The fraction of sp³-hybridized carbons (Fsp3) is 0.360. The first kappa shape index (κ1) is 20.9. The lowest BCUT2D eigenvalue weighted by Gasteiger charge is -2.47. The number of fused-ring (bicyclic) bond motifs is 4. The molecule has 0 spiro atoms. The van der Waals surface area contributed by atoms with E-state index in [1.807, 2.05) is 24.3 Å². The van der Waals surface area contributed by atoms with E-state index in [0.717, 1.165) is 35.0 Å². The second-order valence-corrected chi connectivity index (χ2v) is 9.19. The number of carbonyl (C=O) groups excluding carboxylic acids is 2. The molecule has 3 aliphatic heterocycles. The van der Waals surface area contributed by atoms with Gasteiger partial charge in [0, 0.05) is 48.3 Å². The van der Waals surface area contributed by atoms with Gasteiger partial charge < -0.3 is 19.5 Å². The van der Waals surface area contributed by atoms with Crippen LogP contribution in [0.2, 0.25) is 0 Å². The van der Waals surface area contributed by atoms with E-state index >= 15 is 0 Å². The van der Waals surface area contributed by atoms with Crippen LogP contribution in [0.1, 0.15) is 35.7 Å². The number of H-pyrrole nitrogens is 1. The third-order valence-electron chi connectivity index (χ3n) is 7.19.